The molecule has 138 valence electrons. The molecule has 1 aliphatic rings. The van der Waals surface area contributed by atoms with E-state index in [2.05, 4.69) is 29.4 Å². The third kappa shape index (κ3) is 4.47. The summed E-state index contributed by atoms with van der Waals surface area (Å²) in [4.78, 5) is 29.6. The third-order valence-electron chi connectivity index (χ3n) is 4.53. The fourth-order valence-corrected chi connectivity index (χ4v) is 3.97. The van der Waals surface area contributed by atoms with E-state index in [1.54, 1.807) is 4.90 Å². The number of carboxylic acids is 1. The molecule has 3 rings (SSSR count). The summed E-state index contributed by atoms with van der Waals surface area (Å²) < 4.78 is 0. The molecule has 1 aromatic heterocycles. The van der Waals surface area contributed by atoms with Crippen LogP contribution in [0.5, 0.6) is 0 Å². The molecule has 26 heavy (non-hydrogen) atoms. The lowest BCUT2D eigenvalue weighted by Crippen LogP contribution is -2.40. The molecule has 1 amide bonds. The van der Waals surface area contributed by atoms with Crippen molar-refractivity contribution in [2.45, 2.75) is 38.6 Å². The Labute approximate surface area is 156 Å². The minimum Gasteiger partial charge on any atom is -0.480 e. The summed E-state index contributed by atoms with van der Waals surface area (Å²) in [6.07, 6.45) is 3.58. The maximum Gasteiger partial charge on any atom is 0.320 e. The van der Waals surface area contributed by atoms with Gasteiger partial charge in [-0.25, -0.2) is 4.98 Å². The van der Waals surface area contributed by atoms with Gasteiger partial charge in [-0.15, -0.1) is 11.3 Å². The van der Waals surface area contributed by atoms with Gasteiger partial charge < -0.3 is 10.4 Å². The molecule has 0 saturated carbocycles. The van der Waals surface area contributed by atoms with E-state index in [1.165, 1.54) is 16.9 Å². The number of rotatable bonds is 7. The number of carboxylic acid groups (broad SMARTS) is 1. The number of hydrogen-bond acceptors (Lipinski definition) is 5. The highest BCUT2D eigenvalue weighted by atomic mass is 32.1. The second kappa shape index (κ2) is 8.42. The SMILES string of the molecule is CCCc1ccc(-c2csc(NC(=O)CN3CCC[C@H]3C(=O)O)n2)cc1. The van der Waals surface area contributed by atoms with Crippen LogP contribution in [-0.2, 0) is 16.0 Å². The number of nitrogens with zero attached hydrogens (tertiary/aromatic N) is 2. The molecule has 0 spiro atoms. The monoisotopic (exact) mass is 373 g/mol. The van der Waals surface area contributed by atoms with Crippen LogP contribution in [0.1, 0.15) is 31.7 Å². The molecular formula is C19H23N3O3S. The summed E-state index contributed by atoms with van der Waals surface area (Å²) in [7, 11) is 0. The molecule has 0 bridgehead atoms. The van der Waals surface area contributed by atoms with Crippen LogP contribution in [0, 0.1) is 0 Å². The fraction of sp³-hybridized carbons (Fsp3) is 0.421. The Kier molecular flexibility index (Phi) is 6.00. The predicted molar refractivity (Wildman–Crippen MR) is 102 cm³/mol. The highest BCUT2D eigenvalue weighted by Gasteiger charge is 2.31. The number of likely N-dealkylation sites (tertiary alicyclic amines) is 1. The number of aliphatic carboxylic acids is 1. The van der Waals surface area contributed by atoms with Crippen LogP contribution in [0.3, 0.4) is 0 Å². The predicted octanol–water partition coefficient (Wildman–Crippen LogP) is 3.25. The second-order valence-electron chi connectivity index (χ2n) is 6.50. The maximum atomic E-state index is 12.2. The lowest BCUT2D eigenvalue weighted by Gasteiger charge is -2.19. The van der Waals surface area contributed by atoms with E-state index in [0.29, 0.717) is 18.1 Å². The summed E-state index contributed by atoms with van der Waals surface area (Å²) in [5, 5.41) is 14.4. The normalized spacial score (nSPS) is 17.3. The lowest BCUT2D eigenvalue weighted by atomic mass is 10.1. The highest BCUT2D eigenvalue weighted by molar-refractivity contribution is 7.14. The Morgan fingerprint density at radius 3 is 2.81 bits per heavy atom. The third-order valence-corrected chi connectivity index (χ3v) is 5.29. The quantitative estimate of drug-likeness (QED) is 0.778. The molecule has 2 N–H and O–H groups in total. The summed E-state index contributed by atoms with van der Waals surface area (Å²) in [5.41, 5.74) is 3.16. The maximum absolute atomic E-state index is 12.2. The van der Waals surface area contributed by atoms with E-state index < -0.39 is 12.0 Å². The van der Waals surface area contributed by atoms with Crippen molar-refractivity contribution in [3.05, 3.63) is 35.2 Å². The number of aromatic nitrogens is 1. The summed E-state index contributed by atoms with van der Waals surface area (Å²) in [6, 6.07) is 7.75. The van der Waals surface area contributed by atoms with Gasteiger partial charge in [0.1, 0.15) is 6.04 Å². The average Bonchev–Trinajstić information content (AvgIpc) is 3.25. The first-order valence-electron chi connectivity index (χ1n) is 8.88. The number of carbonyl (C=O) groups is 2. The molecule has 1 fully saturated rings. The molecule has 7 heteroatoms. The first kappa shape index (κ1) is 18.5. The number of benzene rings is 1. The van der Waals surface area contributed by atoms with Gasteiger partial charge in [-0.05, 0) is 31.4 Å². The molecule has 0 aliphatic carbocycles. The van der Waals surface area contributed by atoms with Crippen LogP contribution >= 0.6 is 11.3 Å². The van der Waals surface area contributed by atoms with Crippen molar-refractivity contribution < 1.29 is 14.7 Å². The van der Waals surface area contributed by atoms with Gasteiger partial charge in [0.25, 0.3) is 0 Å². The first-order chi connectivity index (χ1) is 12.6. The number of anilines is 1. The van der Waals surface area contributed by atoms with Gasteiger partial charge in [0.2, 0.25) is 5.91 Å². The standard InChI is InChI=1S/C19H23N3O3S/c1-2-4-13-6-8-14(9-7-13)15-12-26-19(20-15)21-17(23)11-22-10-3-5-16(22)18(24)25/h6-9,12,16H,2-5,10-11H2,1H3,(H,24,25)(H,20,21,23)/t16-/m0/s1. The van der Waals surface area contributed by atoms with Crippen molar-refractivity contribution in [1.29, 1.82) is 0 Å². The van der Waals surface area contributed by atoms with Crippen molar-refractivity contribution in [1.82, 2.24) is 9.88 Å². The van der Waals surface area contributed by atoms with Crippen LogP contribution in [-0.4, -0.2) is 46.0 Å². The largest absolute Gasteiger partial charge is 0.480 e. The summed E-state index contributed by atoms with van der Waals surface area (Å²) >= 11 is 1.37. The Morgan fingerprint density at radius 2 is 2.12 bits per heavy atom. The summed E-state index contributed by atoms with van der Waals surface area (Å²) in [5.74, 6) is -1.09. The molecule has 1 atom stereocenters. The smallest absolute Gasteiger partial charge is 0.320 e. The zero-order valence-electron chi connectivity index (χ0n) is 14.8. The Bertz CT molecular complexity index is 773. The van der Waals surface area contributed by atoms with E-state index in [1.807, 2.05) is 17.5 Å². The van der Waals surface area contributed by atoms with Crippen molar-refractivity contribution >= 4 is 28.3 Å². The van der Waals surface area contributed by atoms with Gasteiger partial charge >= 0.3 is 5.97 Å². The Hall–Kier alpha value is -2.25. The molecule has 2 heterocycles. The van der Waals surface area contributed by atoms with Gasteiger partial charge in [-0.2, -0.15) is 0 Å². The van der Waals surface area contributed by atoms with Crippen molar-refractivity contribution in [2.75, 3.05) is 18.4 Å². The van der Waals surface area contributed by atoms with Crippen molar-refractivity contribution in [3.63, 3.8) is 0 Å². The zero-order chi connectivity index (χ0) is 18.5. The van der Waals surface area contributed by atoms with Crippen LogP contribution in [0.4, 0.5) is 5.13 Å². The second-order valence-corrected chi connectivity index (χ2v) is 7.36. The van der Waals surface area contributed by atoms with Gasteiger partial charge in [0.05, 0.1) is 12.2 Å². The van der Waals surface area contributed by atoms with Gasteiger partial charge in [0, 0.05) is 10.9 Å². The lowest BCUT2D eigenvalue weighted by molar-refractivity contribution is -0.142. The molecule has 1 aliphatic heterocycles. The average molecular weight is 373 g/mol. The van der Waals surface area contributed by atoms with Crippen molar-refractivity contribution in [2.24, 2.45) is 0 Å². The topological polar surface area (TPSA) is 82.5 Å². The van der Waals surface area contributed by atoms with E-state index in [9.17, 15) is 14.7 Å². The fourth-order valence-electron chi connectivity index (χ4n) is 3.23. The number of nitrogens with one attached hydrogen (secondary N) is 1. The van der Waals surface area contributed by atoms with Crippen molar-refractivity contribution in [3.8, 4) is 11.3 Å². The number of aryl methyl sites for hydroxylation is 1. The van der Waals surface area contributed by atoms with E-state index in [4.69, 9.17) is 0 Å². The molecule has 6 nitrogen and oxygen atoms in total. The van der Waals surface area contributed by atoms with Gasteiger partial charge in [-0.1, -0.05) is 37.6 Å². The van der Waals surface area contributed by atoms with Gasteiger partial charge in [-0.3, -0.25) is 14.5 Å². The Morgan fingerprint density at radius 1 is 1.35 bits per heavy atom. The van der Waals surface area contributed by atoms with E-state index in [0.717, 1.165) is 30.5 Å². The van der Waals surface area contributed by atoms with Crippen LogP contribution in [0.15, 0.2) is 29.6 Å². The number of carbonyl (C=O) groups excluding carboxylic acids is 1. The first-order valence-corrected chi connectivity index (χ1v) is 9.76. The minimum absolute atomic E-state index is 0.0809. The molecular weight excluding hydrogens is 350 g/mol. The van der Waals surface area contributed by atoms with Crippen LogP contribution in [0.25, 0.3) is 11.3 Å². The molecule has 1 saturated heterocycles. The molecule has 2 aromatic rings. The van der Waals surface area contributed by atoms with E-state index in [-0.39, 0.29) is 12.5 Å². The summed E-state index contributed by atoms with van der Waals surface area (Å²) in [6.45, 7) is 2.87. The van der Waals surface area contributed by atoms with Gasteiger partial charge in [0.15, 0.2) is 5.13 Å². The van der Waals surface area contributed by atoms with Crippen LogP contribution < -0.4 is 5.32 Å². The molecule has 0 radical (unpaired) electrons. The molecule has 0 unspecified atom stereocenters. The molecule has 1 aromatic carbocycles. The zero-order valence-corrected chi connectivity index (χ0v) is 15.6. The Balaban J connectivity index is 1.59. The number of amides is 1. The van der Waals surface area contributed by atoms with E-state index >= 15 is 0 Å². The van der Waals surface area contributed by atoms with Crippen LogP contribution in [0.2, 0.25) is 0 Å². The number of hydrogen-bond donors (Lipinski definition) is 2. The minimum atomic E-state index is -0.863. The number of thiazole rings is 1. The highest BCUT2D eigenvalue weighted by Crippen LogP contribution is 2.25.